The lowest BCUT2D eigenvalue weighted by molar-refractivity contribution is 0.108. The van der Waals surface area contributed by atoms with Gasteiger partial charge in [-0.2, -0.15) is 0 Å². The van der Waals surface area contributed by atoms with Crippen LogP contribution in [-0.4, -0.2) is 26.4 Å². The molecule has 1 aliphatic heterocycles. The second-order valence-corrected chi connectivity index (χ2v) is 6.26. The molecule has 0 radical (unpaired) electrons. The SMILES string of the molecule is CC(C)COCCNC1CCOc2c(Cl)cc(Cl)cc21. The van der Waals surface area contributed by atoms with Crippen molar-refractivity contribution >= 4 is 23.2 Å². The van der Waals surface area contributed by atoms with Crippen molar-refractivity contribution in [2.45, 2.75) is 26.3 Å². The summed E-state index contributed by atoms with van der Waals surface area (Å²) in [7, 11) is 0. The van der Waals surface area contributed by atoms with Gasteiger partial charge in [0, 0.05) is 36.2 Å². The first-order chi connectivity index (χ1) is 9.58. The topological polar surface area (TPSA) is 30.5 Å². The minimum atomic E-state index is 0.220. The van der Waals surface area contributed by atoms with Gasteiger partial charge in [-0.3, -0.25) is 0 Å². The van der Waals surface area contributed by atoms with E-state index in [1.165, 1.54) is 0 Å². The van der Waals surface area contributed by atoms with Gasteiger partial charge in [-0.05, 0) is 18.1 Å². The average Bonchev–Trinajstić information content (AvgIpc) is 2.38. The van der Waals surface area contributed by atoms with Crippen LogP contribution in [-0.2, 0) is 4.74 Å². The maximum Gasteiger partial charge on any atom is 0.142 e. The van der Waals surface area contributed by atoms with E-state index in [2.05, 4.69) is 19.2 Å². The van der Waals surface area contributed by atoms with E-state index >= 15 is 0 Å². The molecule has 0 spiro atoms. The molecule has 20 heavy (non-hydrogen) atoms. The molecule has 0 amide bonds. The van der Waals surface area contributed by atoms with Gasteiger partial charge < -0.3 is 14.8 Å². The van der Waals surface area contributed by atoms with Crippen LogP contribution in [0.4, 0.5) is 0 Å². The second-order valence-electron chi connectivity index (χ2n) is 5.42. The van der Waals surface area contributed by atoms with Crippen molar-refractivity contribution in [3.05, 3.63) is 27.7 Å². The zero-order valence-electron chi connectivity index (χ0n) is 11.9. The highest BCUT2D eigenvalue weighted by Crippen LogP contribution is 2.39. The number of fused-ring (bicyclic) bond motifs is 1. The van der Waals surface area contributed by atoms with Gasteiger partial charge in [-0.25, -0.2) is 0 Å². The summed E-state index contributed by atoms with van der Waals surface area (Å²) in [4.78, 5) is 0. The molecule has 2 rings (SSSR count). The highest BCUT2D eigenvalue weighted by Gasteiger charge is 2.23. The molecule has 1 N–H and O–H groups in total. The van der Waals surface area contributed by atoms with Gasteiger partial charge >= 0.3 is 0 Å². The van der Waals surface area contributed by atoms with E-state index in [-0.39, 0.29) is 6.04 Å². The van der Waals surface area contributed by atoms with E-state index < -0.39 is 0 Å². The molecule has 0 saturated heterocycles. The number of hydrogen-bond donors (Lipinski definition) is 1. The van der Waals surface area contributed by atoms with Crippen LogP contribution >= 0.6 is 23.2 Å². The van der Waals surface area contributed by atoms with Gasteiger partial charge in [0.15, 0.2) is 0 Å². The summed E-state index contributed by atoms with van der Waals surface area (Å²) >= 11 is 12.2. The third-order valence-corrected chi connectivity index (χ3v) is 3.65. The van der Waals surface area contributed by atoms with Gasteiger partial charge in [-0.1, -0.05) is 37.0 Å². The van der Waals surface area contributed by atoms with Crippen LogP contribution in [0.3, 0.4) is 0 Å². The van der Waals surface area contributed by atoms with Gasteiger partial charge in [0.1, 0.15) is 5.75 Å². The molecule has 5 heteroatoms. The largest absolute Gasteiger partial charge is 0.492 e. The molecule has 1 aromatic carbocycles. The quantitative estimate of drug-likeness (QED) is 0.802. The van der Waals surface area contributed by atoms with Crippen molar-refractivity contribution in [1.29, 1.82) is 0 Å². The predicted molar refractivity (Wildman–Crippen MR) is 83.0 cm³/mol. The highest BCUT2D eigenvalue weighted by atomic mass is 35.5. The Morgan fingerprint density at radius 3 is 2.95 bits per heavy atom. The van der Waals surface area contributed by atoms with Crippen LogP contribution < -0.4 is 10.1 Å². The van der Waals surface area contributed by atoms with Crippen molar-refractivity contribution in [2.24, 2.45) is 5.92 Å². The van der Waals surface area contributed by atoms with Gasteiger partial charge in [0.2, 0.25) is 0 Å². The molecule has 1 aliphatic rings. The number of ether oxygens (including phenoxy) is 2. The lowest BCUT2D eigenvalue weighted by Crippen LogP contribution is -2.30. The third-order valence-electron chi connectivity index (χ3n) is 3.15. The van der Waals surface area contributed by atoms with E-state index in [1.54, 1.807) is 6.07 Å². The molecule has 0 aromatic heterocycles. The molecule has 3 nitrogen and oxygen atoms in total. The number of hydrogen-bond acceptors (Lipinski definition) is 3. The van der Waals surface area contributed by atoms with Crippen LogP contribution in [0.2, 0.25) is 10.0 Å². The lowest BCUT2D eigenvalue weighted by Gasteiger charge is -2.27. The minimum absolute atomic E-state index is 0.220. The molecule has 1 unspecified atom stereocenters. The van der Waals surface area contributed by atoms with Crippen LogP contribution in [0, 0.1) is 5.92 Å². The zero-order valence-corrected chi connectivity index (χ0v) is 13.4. The van der Waals surface area contributed by atoms with E-state index in [1.807, 2.05) is 6.07 Å². The first-order valence-corrected chi connectivity index (χ1v) is 7.76. The van der Waals surface area contributed by atoms with Crippen molar-refractivity contribution < 1.29 is 9.47 Å². The van der Waals surface area contributed by atoms with Crippen LogP contribution in [0.5, 0.6) is 5.75 Å². The summed E-state index contributed by atoms with van der Waals surface area (Å²) in [6, 6.07) is 3.86. The summed E-state index contributed by atoms with van der Waals surface area (Å²) in [5.74, 6) is 1.32. The first kappa shape index (κ1) is 15.9. The molecule has 0 saturated carbocycles. The Bertz CT molecular complexity index is 452. The maximum atomic E-state index is 6.17. The van der Waals surface area contributed by atoms with E-state index in [0.29, 0.717) is 29.2 Å². The van der Waals surface area contributed by atoms with Crippen molar-refractivity contribution in [2.75, 3.05) is 26.4 Å². The maximum absolute atomic E-state index is 6.17. The number of rotatable bonds is 6. The van der Waals surface area contributed by atoms with E-state index in [4.69, 9.17) is 32.7 Å². The van der Waals surface area contributed by atoms with Crippen LogP contribution in [0.1, 0.15) is 31.9 Å². The molecule has 1 heterocycles. The van der Waals surface area contributed by atoms with Crippen molar-refractivity contribution in [3.63, 3.8) is 0 Å². The Balaban J connectivity index is 1.92. The smallest absolute Gasteiger partial charge is 0.142 e. The lowest BCUT2D eigenvalue weighted by atomic mass is 10.0. The monoisotopic (exact) mass is 317 g/mol. The summed E-state index contributed by atoms with van der Waals surface area (Å²) in [6.07, 6.45) is 0.911. The number of nitrogens with one attached hydrogen (secondary N) is 1. The molecule has 0 fully saturated rings. The first-order valence-electron chi connectivity index (χ1n) is 7.00. The Morgan fingerprint density at radius 2 is 2.20 bits per heavy atom. The number of halogens is 2. The second kappa shape index (κ2) is 7.51. The minimum Gasteiger partial charge on any atom is -0.492 e. The van der Waals surface area contributed by atoms with Crippen molar-refractivity contribution in [1.82, 2.24) is 5.32 Å². The van der Waals surface area contributed by atoms with Crippen LogP contribution in [0.25, 0.3) is 0 Å². The molecular formula is C15H21Cl2NO2. The third kappa shape index (κ3) is 4.26. The Hall–Kier alpha value is -0.480. The van der Waals surface area contributed by atoms with Gasteiger partial charge in [0.05, 0.1) is 18.2 Å². The fourth-order valence-corrected chi connectivity index (χ4v) is 2.83. The molecule has 0 bridgehead atoms. The number of benzene rings is 1. The average molecular weight is 318 g/mol. The van der Waals surface area contributed by atoms with E-state index in [9.17, 15) is 0 Å². The summed E-state index contributed by atoms with van der Waals surface area (Å²) in [5, 5.41) is 4.70. The standard InChI is InChI=1S/C15H21Cl2NO2/c1-10(2)9-19-6-4-18-14-3-5-20-15-12(14)7-11(16)8-13(15)17/h7-8,10,14,18H,3-6,9H2,1-2H3. The van der Waals surface area contributed by atoms with Crippen LogP contribution in [0.15, 0.2) is 12.1 Å². The predicted octanol–water partition coefficient (Wildman–Crippen LogP) is 4.08. The fraction of sp³-hybridized carbons (Fsp3) is 0.600. The molecule has 1 aromatic rings. The van der Waals surface area contributed by atoms with Crippen molar-refractivity contribution in [3.8, 4) is 5.75 Å². The zero-order chi connectivity index (χ0) is 14.5. The van der Waals surface area contributed by atoms with E-state index in [0.717, 1.165) is 30.9 Å². The molecule has 0 aliphatic carbocycles. The fourth-order valence-electron chi connectivity index (χ4n) is 2.26. The Morgan fingerprint density at radius 1 is 1.40 bits per heavy atom. The highest BCUT2D eigenvalue weighted by molar-refractivity contribution is 6.35. The summed E-state index contributed by atoms with van der Waals surface area (Å²) in [5.41, 5.74) is 1.04. The summed E-state index contributed by atoms with van der Waals surface area (Å²) < 4.78 is 11.2. The normalized spacial score (nSPS) is 17.9. The van der Waals surface area contributed by atoms with Gasteiger partial charge in [-0.15, -0.1) is 0 Å². The molecule has 112 valence electrons. The summed E-state index contributed by atoms with van der Waals surface area (Å²) in [6.45, 7) is 7.26. The molecular weight excluding hydrogens is 297 g/mol. The van der Waals surface area contributed by atoms with Gasteiger partial charge in [0.25, 0.3) is 0 Å². The Kier molecular flexibility index (Phi) is 5.97. The molecule has 1 atom stereocenters. The Labute approximate surface area is 130 Å².